The van der Waals surface area contributed by atoms with Crippen LogP contribution in [0.1, 0.15) is 17.5 Å². The lowest BCUT2D eigenvalue weighted by Gasteiger charge is -2.18. The smallest absolute Gasteiger partial charge is 0.149 e. The Balaban J connectivity index is 1.59. The van der Waals surface area contributed by atoms with Crippen molar-refractivity contribution in [2.75, 3.05) is 18.4 Å². The normalized spacial score (nSPS) is 18.9. The molecule has 0 amide bonds. The van der Waals surface area contributed by atoms with Crippen LogP contribution >= 0.6 is 0 Å². The molecule has 1 fully saturated rings. The van der Waals surface area contributed by atoms with E-state index in [1.165, 1.54) is 5.56 Å². The first-order valence-corrected chi connectivity index (χ1v) is 7.50. The summed E-state index contributed by atoms with van der Waals surface area (Å²) in [6, 6.07) is 16.3. The Kier molecular flexibility index (Phi) is 4.20. The van der Waals surface area contributed by atoms with Crippen LogP contribution in [-0.4, -0.2) is 24.0 Å². The summed E-state index contributed by atoms with van der Waals surface area (Å²) < 4.78 is 14.0. The Morgan fingerprint density at radius 2 is 1.95 bits per heavy atom. The van der Waals surface area contributed by atoms with E-state index < -0.39 is 0 Å². The average molecular weight is 284 g/mol. The molecule has 0 radical (unpaired) electrons. The van der Waals surface area contributed by atoms with Crippen LogP contribution in [-0.2, 0) is 6.54 Å². The highest BCUT2D eigenvalue weighted by molar-refractivity contribution is 5.48. The predicted octanol–water partition coefficient (Wildman–Crippen LogP) is 3.82. The molecule has 2 aromatic rings. The highest BCUT2D eigenvalue weighted by Crippen LogP contribution is 2.21. The first-order valence-electron chi connectivity index (χ1n) is 7.50. The standard InChI is InChI=1S/C18H21FN2/c1-14-6-5-9-17(18(14)19)20-16-10-11-21(13-16)12-15-7-3-2-4-8-15/h2-9,16,20H,10-13H2,1H3. The molecule has 1 N–H and O–H groups in total. The molecular weight excluding hydrogens is 263 g/mol. The molecule has 1 atom stereocenters. The van der Waals surface area contributed by atoms with Crippen LogP contribution in [0.5, 0.6) is 0 Å². The van der Waals surface area contributed by atoms with Crippen molar-refractivity contribution in [1.29, 1.82) is 0 Å². The second kappa shape index (κ2) is 6.27. The van der Waals surface area contributed by atoms with Gasteiger partial charge in [0.1, 0.15) is 5.82 Å². The van der Waals surface area contributed by atoms with E-state index in [0.717, 1.165) is 26.1 Å². The molecule has 0 saturated carbocycles. The third kappa shape index (κ3) is 3.42. The minimum atomic E-state index is -0.126. The topological polar surface area (TPSA) is 15.3 Å². The lowest BCUT2D eigenvalue weighted by Crippen LogP contribution is -2.26. The van der Waals surface area contributed by atoms with Crippen LogP contribution in [0.2, 0.25) is 0 Å². The molecule has 1 aliphatic rings. The first kappa shape index (κ1) is 14.1. The zero-order valence-electron chi connectivity index (χ0n) is 12.3. The van der Waals surface area contributed by atoms with Crippen molar-refractivity contribution in [2.45, 2.75) is 25.9 Å². The van der Waals surface area contributed by atoms with E-state index in [4.69, 9.17) is 0 Å². The molecule has 2 nitrogen and oxygen atoms in total. The first-order chi connectivity index (χ1) is 10.2. The molecule has 1 heterocycles. The molecule has 1 saturated heterocycles. The summed E-state index contributed by atoms with van der Waals surface area (Å²) in [5.74, 6) is -0.126. The quantitative estimate of drug-likeness (QED) is 0.918. The fourth-order valence-electron chi connectivity index (χ4n) is 2.91. The van der Waals surface area contributed by atoms with Gasteiger partial charge in [-0.05, 0) is 30.5 Å². The van der Waals surface area contributed by atoms with Crippen molar-refractivity contribution < 1.29 is 4.39 Å². The van der Waals surface area contributed by atoms with Gasteiger partial charge < -0.3 is 5.32 Å². The summed E-state index contributed by atoms with van der Waals surface area (Å²) in [6.07, 6.45) is 1.06. The largest absolute Gasteiger partial charge is 0.379 e. The maximum Gasteiger partial charge on any atom is 0.149 e. The van der Waals surface area contributed by atoms with Gasteiger partial charge >= 0.3 is 0 Å². The molecule has 2 aromatic carbocycles. The molecule has 0 spiro atoms. The van der Waals surface area contributed by atoms with Crippen LogP contribution in [0.3, 0.4) is 0 Å². The fourth-order valence-corrected chi connectivity index (χ4v) is 2.91. The van der Waals surface area contributed by atoms with Gasteiger partial charge in [0.15, 0.2) is 0 Å². The van der Waals surface area contributed by atoms with Crippen molar-refractivity contribution in [3.05, 3.63) is 65.5 Å². The third-order valence-corrected chi connectivity index (χ3v) is 4.07. The van der Waals surface area contributed by atoms with E-state index in [9.17, 15) is 4.39 Å². The number of rotatable bonds is 4. The highest BCUT2D eigenvalue weighted by atomic mass is 19.1. The Morgan fingerprint density at radius 1 is 1.14 bits per heavy atom. The zero-order chi connectivity index (χ0) is 14.7. The van der Waals surface area contributed by atoms with Gasteiger partial charge in [-0.2, -0.15) is 0 Å². The third-order valence-electron chi connectivity index (χ3n) is 4.07. The van der Waals surface area contributed by atoms with Crippen molar-refractivity contribution >= 4 is 5.69 Å². The van der Waals surface area contributed by atoms with Crippen LogP contribution in [0.25, 0.3) is 0 Å². The molecule has 21 heavy (non-hydrogen) atoms. The van der Waals surface area contributed by atoms with E-state index in [2.05, 4.69) is 34.5 Å². The Labute approximate surface area is 125 Å². The SMILES string of the molecule is Cc1cccc(NC2CCN(Cc3ccccc3)C2)c1F. The van der Waals surface area contributed by atoms with E-state index in [1.54, 1.807) is 13.0 Å². The minimum absolute atomic E-state index is 0.126. The van der Waals surface area contributed by atoms with Gasteiger partial charge in [0.05, 0.1) is 5.69 Å². The number of halogens is 1. The van der Waals surface area contributed by atoms with E-state index in [1.807, 2.05) is 18.2 Å². The lowest BCUT2D eigenvalue weighted by atomic mass is 10.2. The lowest BCUT2D eigenvalue weighted by molar-refractivity contribution is 0.328. The van der Waals surface area contributed by atoms with Crippen molar-refractivity contribution in [3.8, 4) is 0 Å². The van der Waals surface area contributed by atoms with Crippen LogP contribution in [0, 0.1) is 12.7 Å². The van der Waals surface area contributed by atoms with Gasteiger partial charge in [0.25, 0.3) is 0 Å². The molecule has 3 rings (SSSR count). The average Bonchev–Trinajstić information content (AvgIpc) is 2.92. The number of aryl methyl sites for hydroxylation is 1. The van der Waals surface area contributed by atoms with Crippen molar-refractivity contribution in [3.63, 3.8) is 0 Å². The molecule has 110 valence electrons. The number of hydrogen-bond donors (Lipinski definition) is 1. The molecule has 0 aromatic heterocycles. The fraction of sp³-hybridized carbons (Fsp3) is 0.333. The van der Waals surface area contributed by atoms with Gasteiger partial charge in [-0.15, -0.1) is 0 Å². The van der Waals surface area contributed by atoms with Gasteiger partial charge in [-0.3, -0.25) is 4.90 Å². The Morgan fingerprint density at radius 3 is 2.76 bits per heavy atom. The maximum atomic E-state index is 14.0. The van der Waals surface area contributed by atoms with E-state index >= 15 is 0 Å². The minimum Gasteiger partial charge on any atom is -0.379 e. The molecule has 0 bridgehead atoms. The Hall–Kier alpha value is -1.87. The van der Waals surface area contributed by atoms with Crippen LogP contribution in [0.15, 0.2) is 48.5 Å². The molecule has 1 aliphatic heterocycles. The number of nitrogens with zero attached hydrogens (tertiary/aromatic N) is 1. The summed E-state index contributed by atoms with van der Waals surface area (Å²) in [5, 5.41) is 3.35. The highest BCUT2D eigenvalue weighted by Gasteiger charge is 2.23. The molecule has 1 unspecified atom stereocenters. The number of likely N-dealkylation sites (tertiary alicyclic amines) is 1. The van der Waals surface area contributed by atoms with Gasteiger partial charge in [0, 0.05) is 25.7 Å². The summed E-state index contributed by atoms with van der Waals surface area (Å²) in [7, 11) is 0. The predicted molar refractivity (Wildman–Crippen MR) is 84.9 cm³/mol. The van der Waals surface area contributed by atoms with Gasteiger partial charge in [0.2, 0.25) is 0 Å². The summed E-state index contributed by atoms with van der Waals surface area (Å²) in [4.78, 5) is 2.42. The Bertz CT molecular complexity index is 597. The zero-order valence-corrected chi connectivity index (χ0v) is 12.3. The molecule has 0 aliphatic carbocycles. The van der Waals surface area contributed by atoms with E-state index in [0.29, 0.717) is 17.3 Å². The number of hydrogen-bond acceptors (Lipinski definition) is 2. The maximum absolute atomic E-state index is 14.0. The van der Waals surface area contributed by atoms with Crippen molar-refractivity contribution in [1.82, 2.24) is 4.90 Å². The van der Waals surface area contributed by atoms with Crippen LogP contribution in [0.4, 0.5) is 10.1 Å². The van der Waals surface area contributed by atoms with Gasteiger partial charge in [-0.1, -0.05) is 42.5 Å². The van der Waals surface area contributed by atoms with Gasteiger partial charge in [-0.25, -0.2) is 4.39 Å². The monoisotopic (exact) mass is 284 g/mol. The van der Waals surface area contributed by atoms with Crippen molar-refractivity contribution in [2.24, 2.45) is 0 Å². The molecule has 3 heteroatoms. The second-order valence-corrected chi connectivity index (χ2v) is 5.79. The summed E-state index contributed by atoms with van der Waals surface area (Å²) >= 11 is 0. The van der Waals surface area contributed by atoms with Crippen LogP contribution < -0.4 is 5.32 Å². The summed E-state index contributed by atoms with van der Waals surface area (Å²) in [6.45, 7) is 4.79. The number of anilines is 1. The number of nitrogens with one attached hydrogen (secondary N) is 1. The summed E-state index contributed by atoms with van der Waals surface area (Å²) in [5.41, 5.74) is 2.65. The van der Waals surface area contributed by atoms with E-state index in [-0.39, 0.29) is 5.82 Å². The second-order valence-electron chi connectivity index (χ2n) is 5.79. The number of benzene rings is 2. The molecular formula is C18H21FN2.